The topological polar surface area (TPSA) is 114 Å². The fraction of sp³-hybridized carbons (Fsp3) is 0.318. The number of esters is 1. The number of para-hydroxylation sites is 1. The Bertz CT molecular complexity index is 1280. The third-order valence-electron chi connectivity index (χ3n) is 5.64. The first-order chi connectivity index (χ1) is 15.8. The van der Waals surface area contributed by atoms with Gasteiger partial charge in [0, 0.05) is 23.4 Å². The molecule has 0 saturated heterocycles. The summed E-state index contributed by atoms with van der Waals surface area (Å²) in [6, 6.07) is 12.3. The van der Waals surface area contributed by atoms with Crippen LogP contribution >= 0.6 is 11.8 Å². The predicted octanol–water partition coefficient (Wildman–Crippen LogP) is 2.48. The van der Waals surface area contributed by atoms with Gasteiger partial charge in [-0.3, -0.25) is 4.79 Å². The lowest BCUT2D eigenvalue weighted by Crippen LogP contribution is -2.39. The maximum atomic E-state index is 12.7. The van der Waals surface area contributed by atoms with Crippen LogP contribution in [0.4, 0.5) is 5.69 Å². The number of nitrogens with one attached hydrogen (secondary N) is 1. The molecule has 3 aliphatic rings. The monoisotopic (exact) mass is 487 g/mol. The molecule has 2 aromatic carbocycles. The minimum atomic E-state index is -3.46. The molecule has 1 amide bonds. The molecule has 0 bridgehead atoms. The Labute approximate surface area is 195 Å². The third-order valence-corrected chi connectivity index (χ3v) is 7.94. The molecule has 2 aromatic rings. The van der Waals surface area contributed by atoms with Crippen LogP contribution < -0.4 is 15.0 Å². The van der Waals surface area contributed by atoms with Crippen LogP contribution in [0, 0.1) is 0 Å². The lowest BCUT2D eigenvalue weighted by Gasteiger charge is -2.27. The number of rotatable bonds is 4. The highest BCUT2D eigenvalue weighted by molar-refractivity contribution is 8.15. The Morgan fingerprint density at radius 1 is 1.27 bits per heavy atom. The van der Waals surface area contributed by atoms with Crippen LogP contribution in [0.3, 0.4) is 0 Å². The van der Waals surface area contributed by atoms with E-state index in [2.05, 4.69) is 9.71 Å². The Hall–Kier alpha value is -3.05. The zero-order chi connectivity index (χ0) is 23.2. The number of fused-ring (bicyclic) bond motifs is 4. The molecular weight excluding hydrogens is 466 g/mol. The highest BCUT2D eigenvalue weighted by Gasteiger charge is 2.34. The number of thioether (sulfide) groups is 1. The van der Waals surface area contributed by atoms with Gasteiger partial charge in [0.1, 0.15) is 5.75 Å². The minimum Gasteiger partial charge on any atom is -0.493 e. The van der Waals surface area contributed by atoms with Crippen molar-refractivity contribution in [1.82, 2.24) is 5.32 Å². The summed E-state index contributed by atoms with van der Waals surface area (Å²) >= 11 is 1.19. The largest absolute Gasteiger partial charge is 0.493 e. The molecule has 0 fully saturated rings. The quantitative estimate of drug-likeness (QED) is 0.655. The van der Waals surface area contributed by atoms with Gasteiger partial charge in [-0.25, -0.2) is 13.2 Å². The molecule has 0 spiro atoms. The van der Waals surface area contributed by atoms with E-state index in [1.807, 2.05) is 29.2 Å². The number of hydrogen-bond donors (Lipinski definition) is 1. The summed E-state index contributed by atoms with van der Waals surface area (Å²) in [6.07, 6.45) is -0.365. The Morgan fingerprint density at radius 2 is 2.09 bits per heavy atom. The van der Waals surface area contributed by atoms with Gasteiger partial charge >= 0.3 is 5.97 Å². The third kappa shape index (κ3) is 4.30. The molecule has 2 unspecified atom stereocenters. The van der Waals surface area contributed by atoms with Crippen LogP contribution in [0.25, 0.3) is 0 Å². The molecule has 0 aromatic heterocycles. The van der Waals surface area contributed by atoms with Crippen molar-refractivity contribution >= 4 is 44.5 Å². The zero-order valence-corrected chi connectivity index (χ0v) is 19.3. The fourth-order valence-corrected chi connectivity index (χ4v) is 6.22. The zero-order valence-electron chi connectivity index (χ0n) is 17.7. The number of nitrogens with zero attached hydrogens (tertiary/aromatic N) is 2. The van der Waals surface area contributed by atoms with Gasteiger partial charge in [0.25, 0.3) is 15.9 Å². The van der Waals surface area contributed by atoms with Gasteiger partial charge < -0.3 is 19.7 Å². The van der Waals surface area contributed by atoms with E-state index in [1.54, 1.807) is 18.2 Å². The number of amidine groups is 1. The highest BCUT2D eigenvalue weighted by Crippen LogP contribution is 2.42. The summed E-state index contributed by atoms with van der Waals surface area (Å²) in [5.41, 5.74) is 1.97. The molecule has 0 saturated carbocycles. The van der Waals surface area contributed by atoms with Gasteiger partial charge in [-0.1, -0.05) is 18.2 Å². The number of benzene rings is 2. The summed E-state index contributed by atoms with van der Waals surface area (Å²) in [4.78, 5) is 27.9. The first kappa shape index (κ1) is 21.8. The molecule has 2 atom stereocenters. The maximum absolute atomic E-state index is 12.7. The number of carbonyl (C=O) groups excluding carboxylic acids is 2. The molecule has 3 aliphatic heterocycles. The molecule has 1 N–H and O–H groups in total. The predicted molar refractivity (Wildman–Crippen MR) is 123 cm³/mol. The Kier molecular flexibility index (Phi) is 5.53. The number of ether oxygens (including phenoxy) is 2. The lowest BCUT2D eigenvalue weighted by molar-refractivity contribution is -0.130. The summed E-state index contributed by atoms with van der Waals surface area (Å²) < 4.78 is 38.4. The minimum absolute atomic E-state index is 0.0511. The van der Waals surface area contributed by atoms with Crippen molar-refractivity contribution in [2.75, 3.05) is 23.8 Å². The summed E-state index contributed by atoms with van der Waals surface area (Å²) in [7, 11) is -3.46. The van der Waals surface area contributed by atoms with E-state index in [1.165, 1.54) is 18.7 Å². The van der Waals surface area contributed by atoms with Crippen LogP contribution in [0.5, 0.6) is 5.75 Å². The molecule has 11 heteroatoms. The second-order valence-electron chi connectivity index (χ2n) is 7.88. The average Bonchev–Trinajstić information content (AvgIpc) is 3.14. The van der Waals surface area contributed by atoms with E-state index in [4.69, 9.17) is 9.47 Å². The van der Waals surface area contributed by atoms with Crippen LogP contribution in [0.2, 0.25) is 0 Å². The standard InChI is InChI=1S/C22H21N3O6S2/c1-13(20(26)23-16-8-10-30-18-5-3-2-4-15(16)18)31-21(27)14-6-7-17-19(12-14)32-22-24-33(28,29)11-9-25(17)22/h2-7,12-13,16H,8-11H2,1H3,(H,23,26). The summed E-state index contributed by atoms with van der Waals surface area (Å²) in [5.74, 6) is -0.335. The van der Waals surface area contributed by atoms with E-state index >= 15 is 0 Å². The maximum Gasteiger partial charge on any atom is 0.338 e. The number of amides is 1. The van der Waals surface area contributed by atoms with Gasteiger partial charge in [0.15, 0.2) is 11.3 Å². The molecule has 33 heavy (non-hydrogen) atoms. The first-order valence-corrected chi connectivity index (χ1v) is 12.9. The molecule has 0 aliphatic carbocycles. The molecule has 5 rings (SSSR count). The molecule has 9 nitrogen and oxygen atoms in total. The van der Waals surface area contributed by atoms with Gasteiger partial charge in [0.05, 0.1) is 29.7 Å². The van der Waals surface area contributed by atoms with E-state index in [-0.39, 0.29) is 17.4 Å². The number of hydrogen-bond acceptors (Lipinski definition) is 8. The van der Waals surface area contributed by atoms with E-state index < -0.39 is 28.0 Å². The second-order valence-corrected chi connectivity index (χ2v) is 10.6. The van der Waals surface area contributed by atoms with Crippen molar-refractivity contribution < 1.29 is 27.5 Å². The van der Waals surface area contributed by atoms with E-state index in [9.17, 15) is 18.0 Å². The molecular formula is C22H21N3O6S2. The SMILES string of the molecule is CC(OC(=O)c1ccc2c(c1)SC1=NS(=O)(=O)CCN12)C(=O)NC1CCOc2ccccc21. The normalized spacial score (nSPS) is 20.9. The van der Waals surface area contributed by atoms with Gasteiger partial charge in [-0.2, -0.15) is 0 Å². The highest BCUT2D eigenvalue weighted by atomic mass is 32.2. The number of carbonyl (C=O) groups is 2. The van der Waals surface area contributed by atoms with Gasteiger partial charge in [0.2, 0.25) is 0 Å². The average molecular weight is 488 g/mol. The first-order valence-electron chi connectivity index (χ1n) is 10.5. The number of anilines is 1. The lowest BCUT2D eigenvalue weighted by atomic mass is 10.0. The van der Waals surface area contributed by atoms with Gasteiger partial charge in [-0.15, -0.1) is 4.40 Å². The van der Waals surface area contributed by atoms with Crippen molar-refractivity contribution in [3.8, 4) is 5.75 Å². The van der Waals surface area contributed by atoms with Gasteiger partial charge in [-0.05, 0) is 43.0 Å². The van der Waals surface area contributed by atoms with Crippen molar-refractivity contribution in [1.29, 1.82) is 0 Å². The van der Waals surface area contributed by atoms with Crippen LogP contribution in [0.1, 0.15) is 35.3 Å². The van der Waals surface area contributed by atoms with Crippen molar-refractivity contribution in [2.24, 2.45) is 4.40 Å². The molecule has 3 heterocycles. The van der Waals surface area contributed by atoms with E-state index in [0.29, 0.717) is 24.7 Å². The van der Waals surface area contributed by atoms with E-state index in [0.717, 1.165) is 21.9 Å². The van der Waals surface area contributed by atoms with Crippen LogP contribution in [0.15, 0.2) is 51.8 Å². The van der Waals surface area contributed by atoms with Crippen LogP contribution in [-0.4, -0.2) is 50.5 Å². The molecule has 0 radical (unpaired) electrons. The fourth-order valence-electron chi connectivity index (χ4n) is 3.92. The van der Waals surface area contributed by atoms with Crippen molar-refractivity contribution in [2.45, 2.75) is 30.4 Å². The Balaban J connectivity index is 1.25. The summed E-state index contributed by atoms with van der Waals surface area (Å²) in [6.45, 7) is 2.34. The summed E-state index contributed by atoms with van der Waals surface area (Å²) in [5, 5.41) is 3.32. The Morgan fingerprint density at radius 3 is 2.94 bits per heavy atom. The van der Waals surface area contributed by atoms with Crippen LogP contribution in [-0.2, 0) is 19.6 Å². The van der Waals surface area contributed by atoms with Crippen molar-refractivity contribution in [3.05, 3.63) is 53.6 Å². The van der Waals surface area contributed by atoms with Crippen molar-refractivity contribution in [3.63, 3.8) is 0 Å². The second kappa shape index (κ2) is 8.38. The smallest absolute Gasteiger partial charge is 0.338 e. The number of sulfonamides is 1. The molecule has 172 valence electrons.